The predicted molar refractivity (Wildman–Crippen MR) is 76.1 cm³/mol. The lowest BCUT2D eigenvalue weighted by Gasteiger charge is -2.08. The fourth-order valence-electron chi connectivity index (χ4n) is 1.82. The van der Waals surface area contributed by atoms with Crippen LogP contribution in [0.15, 0.2) is 48.5 Å². The number of hydrogen-bond acceptors (Lipinski definition) is 3. The molecule has 0 bridgehead atoms. The van der Waals surface area contributed by atoms with Gasteiger partial charge < -0.3 is 10.1 Å². The minimum atomic E-state index is 0.455. The van der Waals surface area contributed by atoms with Crippen molar-refractivity contribution < 1.29 is 4.74 Å². The number of nitrogens with zero attached hydrogens (tertiary/aromatic N) is 1. The van der Waals surface area contributed by atoms with E-state index in [-0.39, 0.29) is 0 Å². The smallest absolute Gasteiger partial charge is 0.119 e. The first-order valence-electron chi connectivity index (χ1n) is 6.14. The van der Waals surface area contributed by atoms with Gasteiger partial charge in [0.05, 0.1) is 19.6 Å². The molecule has 0 aromatic heterocycles. The Bertz CT molecular complexity index is 570. The second kappa shape index (κ2) is 6.46. The summed E-state index contributed by atoms with van der Waals surface area (Å²) in [5.74, 6) is 0.865. The first-order chi connectivity index (χ1) is 9.31. The maximum atomic E-state index is 8.61. The van der Waals surface area contributed by atoms with Crippen molar-refractivity contribution in [3.8, 4) is 11.8 Å². The van der Waals surface area contributed by atoms with Gasteiger partial charge in [0, 0.05) is 12.2 Å². The van der Waals surface area contributed by atoms with Gasteiger partial charge in [-0.25, -0.2) is 0 Å². The summed E-state index contributed by atoms with van der Waals surface area (Å²) in [6.07, 6.45) is 0.455. The van der Waals surface area contributed by atoms with Gasteiger partial charge in [0.25, 0.3) is 0 Å². The molecule has 0 spiro atoms. The Balaban J connectivity index is 1.96. The van der Waals surface area contributed by atoms with Crippen molar-refractivity contribution in [1.29, 1.82) is 5.26 Å². The summed E-state index contributed by atoms with van der Waals surface area (Å²) in [4.78, 5) is 0. The van der Waals surface area contributed by atoms with Gasteiger partial charge in [0.15, 0.2) is 0 Å². The second-order valence-corrected chi connectivity index (χ2v) is 4.24. The highest BCUT2D eigenvalue weighted by atomic mass is 16.5. The fraction of sp³-hybridized carbons (Fsp3) is 0.188. The van der Waals surface area contributed by atoms with Gasteiger partial charge in [-0.15, -0.1) is 0 Å². The molecular formula is C16H16N2O. The second-order valence-electron chi connectivity index (χ2n) is 4.24. The Morgan fingerprint density at radius 1 is 1.11 bits per heavy atom. The van der Waals surface area contributed by atoms with Gasteiger partial charge in [-0.05, 0) is 35.4 Å². The summed E-state index contributed by atoms with van der Waals surface area (Å²) in [5, 5.41) is 12.0. The highest BCUT2D eigenvalue weighted by molar-refractivity contribution is 5.45. The maximum Gasteiger partial charge on any atom is 0.119 e. The Morgan fingerprint density at radius 3 is 2.58 bits per heavy atom. The van der Waals surface area contributed by atoms with Crippen molar-refractivity contribution in [2.45, 2.75) is 13.0 Å². The quantitative estimate of drug-likeness (QED) is 0.887. The number of benzene rings is 2. The van der Waals surface area contributed by atoms with Crippen LogP contribution in [-0.2, 0) is 13.0 Å². The molecule has 0 aliphatic carbocycles. The third-order valence-electron chi connectivity index (χ3n) is 2.87. The van der Waals surface area contributed by atoms with E-state index < -0.39 is 0 Å². The van der Waals surface area contributed by atoms with Gasteiger partial charge in [-0.3, -0.25) is 0 Å². The van der Waals surface area contributed by atoms with Crippen LogP contribution < -0.4 is 10.1 Å². The number of nitriles is 1. The average Bonchev–Trinajstić information content (AvgIpc) is 2.47. The molecule has 0 saturated carbocycles. The molecule has 0 aliphatic heterocycles. The van der Waals surface area contributed by atoms with E-state index >= 15 is 0 Å². The van der Waals surface area contributed by atoms with E-state index in [0.29, 0.717) is 6.42 Å². The monoisotopic (exact) mass is 252 g/mol. The number of ether oxygens (including phenoxy) is 1. The van der Waals surface area contributed by atoms with Crippen LogP contribution in [0, 0.1) is 11.3 Å². The van der Waals surface area contributed by atoms with Crippen LogP contribution in [0.3, 0.4) is 0 Å². The lowest BCUT2D eigenvalue weighted by atomic mass is 10.1. The third-order valence-corrected chi connectivity index (χ3v) is 2.87. The van der Waals surface area contributed by atoms with Gasteiger partial charge in [0.1, 0.15) is 5.75 Å². The first-order valence-corrected chi connectivity index (χ1v) is 6.14. The number of rotatable bonds is 5. The van der Waals surface area contributed by atoms with Crippen LogP contribution >= 0.6 is 0 Å². The molecule has 2 aromatic carbocycles. The summed E-state index contributed by atoms with van der Waals surface area (Å²) in [7, 11) is 1.67. The first kappa shape index (κ1) is 13.0. The summed E-state index contributed by atoms with van der Waals surface area (Å²) in [6, 6.07) is 18.0. The summed E-state index contributed by atoms with van der Waals surface area (Å²) >= 11 is 0. The maximum absolute atomic E-state index is 8.61. The topological polar surface area (TPSA) is 45.0 Å². The molecule has 3 nitrogen and oxygen atoms in total. The molecule has 0 amide bonds. The van der Waals surface area contributed by atoms with E-state index in [1.54, 1.807) is 7.11 Å². The summed E-state index contributed by atoms with van der Waals surface area (Å²) in [6.45, 7) is 0.745. The van der Waals surface area contributed by atoms with Crippen molar-refractivity contribution >= 4 is 5.69 Å². The zero-order valence-electron chi connectivity index (χ0n) is 10.9. The number of hydrogen-bond donors (Lipinski definition) is 1. The van der Waals surface area contributed by atoms with Crippen LogP contribution in [0.5, 0.6) is 5.75 Å². The minimum absolute atomic E-state index is 0.455. The van der Waals surface area contributed by atoms with Crippen LogP contribution in [0.25, 0.3) is 0 Å². The molecule has 0 fully saturated rings. The molecular weight excluding hydrogens is 236 g/mol. The van der Waals surface area contributed by atoms with Gasteiger partial charge in [0.2, 0.25) is 0 Å². The minimum Gasteiger partial charge on any atom is -0.497 e. The Hall–Kier alpha value is -2.47. The van der Waals surface area contributed by atoms with E-state index in [9.17, 15) is 0 Å². The Morgan fingerprint density at radius 2 is 1.89 bits per heavy atom. The van der Waals surface area contributed by atoms with E-state index in [4.69, 9.17) is 10.00 Å². The highest BCUT2D eigenvalue weighted by Crippen LogP contribution is 2.15. The molecule has 0 atom stereocenters. The molecule has 2 rings (SSSR count). The lowest BCUT2D eigenvalue weighted by molar-refractivity contribution is 0.414. The van der Waals surface area contributed by atoms with Crippen molar-refractivity contribution in [1.82, 2.24) is 0 Å². The SMILES string of the molecule is COc1cccc(CNc2ccc(CC#N)cc2)c1. The largest absolute Gasteiger partial charge is 0.497 e. The molecule has 0 aliphatic rings. The average molecular weight is 252 g/mol. The fourth-order valence-corrected chi connectivity index (χ4v) is 1.82. The van der Waals surface area contributed by atoms with Crippen LogP contribution in [0.4, 0.5) is 5.69 Å². The molecule has 2 aromatic rings. The summed E-state index contributed by atoms with van der Waals surface area (Å²) in [5.41, 5.74) is 3.25. The van der Waals surface area contributed by atoms with E-state index in [1.807, 2.05) is 42.5 Å². The normalized spacial score (nSPS) is 9.68. The molecule has 0 radical (unpaired) electrons. The highest BCUT2D eigenvalue weighted by Gasteiger charge is 1.97. The molecule has 96 valence electrons. The van der Waals surface area contributed by atoms with Crippen molar-refractivity contribution in [2.75, 3.05) is 12.4 Å². The zero-order chi connectivity index (χ0) is 13.5. The molecule has 0 unspecified atom stereocenters. The predicted octanol–water partition coefficient (Wildman–Crippen LogP) is 3.37. The molecule has 1 N–H and O–H groups in total. The number of methoxy groups -OCH3 is 1. The van der Waals surface area contributed by atoms with Crippen LogP contribution in [0.2, 0.25) is 0 Å². The molecule has 0 heterocycles. The molecule has 0 saturated heterocycles. The van der Waals surface area contributed by atoms with E-state index in [1.165, 1.54) is 5.56 Å². The van der Waals surface area contributed by atoms with Crippen LogP contribution in [0.1, 0.15) is 11.1 Å². The van der Waals surface area contributed by atoms with E-state index in [0.717, 1.165) is 23.5 Å². The lowest BCUT2D eigenvalue weighted by Crippen LogP contribution is -1.99. The molecule has 3 heteroatoms. The van der Waals surface area contributed by atoms with Gasteiger partial charge >= 0.3 is 0 Å². The Kier molecular flexibility index (Phi) is 4.41. The van der Waals surface area contributed by atoms with Crippen molar-refractivity contribution in [2.24, 2.45) is 0 Å². The van der Waals surface area contributed by atoms with Crippen LogP contribution in [-0.4, -0.2) is 7.11 Å². The Labute approximate surface area is 113 Å². The van der Waals surface area contributed by atoms with Gasteiger partial charge in [-0.1, -0.05) is 24.3 Å². The van der Waals surface area contributed by atoms with Crippen molar-refractivity contribution in [3.05, 3.63) is 59.7 Å². The molecule has 19 heavy (non-hydrogen) atoms. The number of anilines is 1. The van der Waals surface area contributed by atoms with Crippen molar-refractivity contribution in [3.63, 3.8) is 0 Å². The summed E-state index contributed by atoms with van der Waals surface area (Å²) < 4.78 is 5.19. The van der Waals surface area contributed by atoms with Gasteiger partial charge in [-0.2, -0.15) is 5.26 Å². The number of nitrogens with one attached hydrogen (secondary N) is 1. The third kappa shape index (κ3) is 3.75. The van der Waals surface area contributed by atoms with E-state index in [2.05, 4.69) is 17.5 Å². The standard InChI is InChI=1S/C16H16N2O/c1-19-16-4-2-3-14(11-16)12-18-15-7-5-13(6-8-15)9-10-17/h2-8,11,18H,9,12H2,1H3. The zero-order valence-corrected chi connectivity index (χ0v) is 10.9.